The standard InChI is InChI=1S/C8H15NO2S/c1-2-6-11-7-4-3-5-8-12(9)10/h1H,3-9H2. The van der Waals surface area contributed by atoms with Crippen LogP contribution in [0.15, 0.2) is 0 Å². The minimum atomic E-state index is -1.15. The summed E-state index contributed by atoms with van der Waals surface area (Å²) < 4.78 is 15.5. The van der Waals surface area contributed by atoms with Gasteiger partial charge in [0.25, 0.3) is 0 Å². The highest BCUT2D eigenvalue weighted by Crippen LogP contribution is 1.95. The maximum absolute atomic E-state index is 10.4. The highest BCUT2D eigenvalue weighted by Gasteiger charge is 1.92. The van der Waals surface area contributed by atoms with Crippen LogP contribution in [-0.2, 0) is 15.7 Å². The lowest BCUT2D eigenvalue weighted by Crippen LogP contribution is -2.07. The third-order valence-corrected chi connectivity index (χ3v) is 2.01. The lowest BCUT2D eigenvalue weighted by Gasteiger charge is -1.99. The molecule has 0 fully saturated rings. The van der Waals surface area contributed by atoms with Gasteiger partial charge in [0.1, 0.15) is 6.61 Å². The van der Waals surface area contributed by atoms with Crippen LogP contribution in [0.5, 0.6) is 0 Å². The average molecular weight is 189 g/mol. The maximum atomic E-state index is 10.4. The molecule has 0 amide bonds. The molecule has 3 nitrogen and oxygen atoms in total. The van der Waals surface area contributed by atoms with Gasteiger partial charge in [0.05, 0.1) is 11.0 Å². The third kappa shape index (κ3) is 9.63. The molecule has 0 saturated carbocycles. The first-order valence-corrected chi connectivity index (χ1v) is 5.29. The Morgan fingerprint density at radius 3 is 2.75 bits per heavy atom. The molecule has 0 rings (SSSR count). The molecule has 0 radical (unpaired) electrons. The highest BCUT2D eigenvalue weighted by molar-refractivity contribution is 7.82. The van der Waals surface area contributed by atoms with Crippen LogP contribution in [0, 0.1) is 12.3 Å². The first-order valence-electron chi connectivity index (χ1n) is 3.91. The number of ether oxygens (including phenoxy) is 1. The molecular weight excluding hydrogens is 174 g/mol. The van der Waals surface area contributed by atoms with Gasteiger partial charge < -0.3 is 4.74 Å². The van der Waals surface area contributed by atoms with E-state index in [-0.39, 0.29) is 0 Å². The van der Waals surface area contributed by atoms with Gasteiger partial charge in [-0.15, -0.1) is 6.42 Å². The Bertz CT molecular complexity index is 165. The van der Waals surface area contributed by atoms with Crippen LogP contribution in [-0.4, -0.2) is 23.2 Å². The van der Waals surface area contributed by atoms with Gasteiger partial charge in [0, 0.05) is 12.4 Å². The fourth-order valence-corrected chi connectivity index (χ4v) is 1.24. The summed E-state index contributed by atoms with van der Waals surface area (Å²) in [6.07, 6.45) is 7.82. The summed E-state index contributed by atoms with van der Waals surface area (Å²) in [7, 11) is -1.15. The summed E-state index contributed by atoms with van der Waals surface area (Å²) in [6.45, 7) is 1.06. The molecule has 0 aliphatic rings. The van der Waals surface area contributed by atoms with Crippen molar-refractivity contribution in [1.29, 1.82) is 0 Å². The van der Waals surface area contributed by atoms with E-state index >= 15 is 0 Å². The summed E-state index contributed by atoms with van der Waals surface area (Å²) >= 11 is 0. The van der Waals surface area contributed by atoms with Crippen LogP contribution in [0.2, 0.25) is 0 Å². The monoisotopic (exact) mass is 189 g/mol. The second-order valence-electron chi connectivity index (χ2n) is 2.40. The van der Waals surface area contributed by atoms with Crippen LogP contribution in [0.3, 0.4) is 0 Å². The van der Waals surface area contributed by atoms with Gasteiger partial charge in [-0.05, 0) is 12.8 Å². The van der Waals surface area contributed by atoms with E-state index in [9.17, 15) is 4.21 Å². The molecule has 12 heavy (non-hydrogen) atoms. The third-order valence-electron chi connectivity index (χ3n) is 1.32. The van der Waals surface area contributed by atoms with Crippen molar-refractivity contribution in [2.24, 2.45) is 5.14 Å². The molecule has 0 saturated heterocycles. The SMILES string of the molecule is C#CCOCCCCCS(N)=O. The predicted molar refractivity (Wildman–Crippen MR) is 50.7 cm³/mol. The maximum Gasteiger partial charge on any atom is 0.107 e. The van der Waals surface area contributed by atoms with E-state index in [1.165, 1.54) is 0 Å². The van der Waals surface area contributed by atoms with E-state index in [2.05, 4.69) is 5.92 Å². The summed E-state index contributed by atoms with van der Waals surface area (Å²) in [5, 5.41) is 5.07. The number of hydrogen-bond acceptors (Lipinski definition) is 2. The minimum Gasteiger partial charge on any atom is -0.369 e. The van der Waals surface area contributed by atoms with Crippen molar-refractivity contribution in [1.82, 2.24) is 0 Å². The summed E-state index contributed by atoms with van der Waals surface area (Å²) in [6, 6.07) is 0. The quantitative estimate of drug-likeness (QED) is 0.466. The molecule has 4 heteroatoms. The highest BCUT2D eigenvalue weighted by atomic mass is 32.2. The first kappa shape index (κ1) is 11.6. The fraction of sp³-hybridized carbons (Fsp3) is 0.750. The molecule has 1 unspecified atom stereocenters. The first-order chi connectivity index (χ1) is 5.77. The van der Waals surface area contributed by atoms with Gasteiger partial charge in [-0.1, -0.05) is 12.3 Å². The van der Waals surface area contributed by atoms with Gasteiger partial charge in [-0.3, -0.25) is 5.14 Å². The smallest absolute Gasteiger partial charge is 0.107 e. The second-order valence-corrected chi connectivity index (χ2v) is 3.57. The molecule has 0 aromatic heterocycles. The Morgan fingerprint density at radius 2 is 2.17 bits per heavy atom. The number of unbranched alkanes of at least 4 members (excludes halogenated alkanes) is 2. The lowest BCUT2D eigenvalue weighted by atomic mass is 10.3. The van der Waals surface area contributed by atoms with E-state index in [0.29, 0.717) is 19.0 Å². The Morgan fingerprint density at radius 1 is 1.42 bits per heavy atom. The van der Waals surface area contributed by atoms with E-state index in [1.807, 2.05) is 0 Å². The van der Waals surface area contributed by atoms with Crippen molar-refractivity contribution in [3.63, 3.8) is 0 Å². The predicted octanol–water partition coefficient (Wildman–Crippen LogP) is 0.429. The molecule has 0 aliphatic carbocycles. The summed E-state index contributed by atoms with van der Waals surface area (Å²) in [4.78, 5) is 0. The van der Waals surface area contributed by atoms with Gasteiger partial charge >= 0.3 is 0 Å². The number of hydrogen-bond donors (Lipinski definition) is 1. The Labute approximate surface area is 76.3 Å². The Hall–Kier alpha value is -0.370. The summed E-state index contributed by atoms with van der Waals surface area (Å²) in [5.74, 6) is 2.96. The second kappa shape index (κ2) is 8.72. The van der Waals surface area contributed by atoms with Gasteiger partial charge in [0.2, 0.25) is 0 Å². The minimum absolute atomic E-state index is 0.378. The van der Waals surface area contributed by atoms with E-state index in [0.717, 1.165) is 19.3 Å². The molecule has 0 aromatic carbocycles. The number of nitrogens with two attached hydrogens (primary N) is 1. The van der Waals surface area contributed by atoms with Crippen molar-refractivity contribution >= 4 is 11.0 Å². The molecule has 0 spiro atoms. The average Bonchev–Trinajstić information content (AvgIpc) is 2.02. The molecule has 1 atom stereocenters. The zero-order valence-electron chi connectivity index (χ0n) is 7.12. The van der Waals surface area contributed by atoms with Gasteiger partial charge in [-0.25, -0.2) is 4.21 Å². The number of rotatable bonds is 7. The Kier molecular flexibility index (Phi) is 8.46. The van der Waals surface area contributed by atoms with Crippen molar-refractivity contribution in [2.45, 2.75) is 19.3 Å². The lowest BCUT2D eigenvalue weighted by molar-refractivity contribution is 0.162. The van der Waals surface area contributed by atoms with Crippen LogP contribution in [0.25, 0.3) is 0 Å². The van der Waals surface area contributed by atoms with E-state index in [1.54, 1.807) is 0 Å². The molecule has 0 aliphatic heterocycles. The normalized spacial score (nSPS) is 12.3. The summed E-state index contributed by atoms with van der Waals surface area (Å²) in [5.41, 5.74) is 0. The molecule has 70 valence electrons. The van der Waals surface area contributed by atoms with Crippen molar-refractivity contribution < 1.29 is 8.95 Å². The van der Waals surface area contributed by atoms with Crippen LogP contribution in [0.1, 0.15) is 19.3 Å². The van der Waals surface area contributed by atoms with Crippen molar-refractivity contribution in [3.05, 3.63) is 0 Å². The largest absolute Gasteiger partial charge is 0.369 e. The molecule has 2 N–H and O–H groups in total. The topological polar surface area (TPSA) is 52.3 Å². The van der Waals surface area contributed by atoms with Gasteiger partial charge in [0.15, 0.2) is 0 Å². The molecule has 0 heterocycles. The van der Waals surface area contributed by atoms with Crippen LogP contribution in [0.4, 0.5) is 0 Å². The fourth-order valence-electron chi connectivity index (χ4n) is 0.756. The van der Waals surface area contributed by atoms with E-state index in [4.69, 9.17) is 16.3 Å². The van der Waals surface area contributed by atoms with Gasteiger partial charge in [-0.2, -0.15) is 0 Å². The van der Waals surface area contributed by atoms with Crippen LogP contribution < -0.4 is 5.14 Å². The molecular formula is C8H15NO2S. The molecule has 0 bridgehead atoms. The van der Waals surface area contributed by atoms with E-state index < -0.39 is 11.0 Å². The Balaban J connectivity index is 2.92. The molecule has 0 aromatic rings. The van der Waals surface area contributed by atoms with Crippen molar-refractivity contribution in [3.8, 4) is 12.3 Å². The van der Waals surface area contributed by atoms with Crippen LogP contribution >= 0.6 is 0 Å². The number of terminal acetylenes is 1. The zero-order valence-corrected chi connectivity index (χ0v) is 7.94. The van der Waals surface area contributed by atoms with Crippen molar-refractivity contribution in [2.75, 3.05) is 19.0 Å². The zero-order chi connectivity index (χ0) is 9.23.